The van der Waals surface area contributed by atoms with Crippen molar-refractivity contribution in [3.05, 3.63) is 35.5 Å². The Morgan fingerprint density at radius 1 is 1.27 bits per heavy atom. The number of aromatic nitrogens is 3. The first-order chi connectivity index (χ1) is 7.27. The second-order valence-electron chi connectivity index (χ2n) is 3.23. The molecule has 0 aliphatic heterocycles. The Morgan fingerprint density at radius 3 is 2.60 bits per heavy atom. The predicted molar refractivity (Wildman–Crippen MR) is 55.3 cm³/mol. The summed E-state index contributed by atoms with van der Waals surface area (Å²) in [6, 6.07) is 1.78. The van der Waals surface area contributed by atoms with Crippen molar-refractivity contribution in [3.8, 4) is 0 Å². The first-order valence-corrected chi connectivity index (χ1v) is 4.70. The highest BCUT2D eigenvalue weighted by Gasteiger charge is 2.08. The van der Waals surface area contributed by atoms with E-state index in [-0.39, 0.29) is 0 Å². The molecule has 2 aromatic rings. The normalized spacial score (nSPS) is 10.3. The van der Waals surface area contributed by atoms with Crippen LogP contribution in [0.4, 0.5) is 5.95 Å². The van der Waals surface area contributed by atoms with Gasteiger partial charge in [-0.1, -0.05) is 5.16 Å². The van der Waals surface area contributed by atoms with Gasteiger partial charge in [0, 0.05) is 24.5 Å². The Labute approximate surface area is 87.5 Å². The van der Waals surface area contributed by atoms with Crippen molar-refractivity contribution >= 4 is 5.95 Å². The molecule has 2 aromatic heterocycles. The van der Waals surface area contributed by atoms with Crippen LogP contribution in [0.15, 0.2) is 23.0 Å². The maximum absolute atomic E-state index is 5.05. The largest absolute Gasteiger partial charge is 0.361 e. The van der Waals surface area contributed by atoms with Crippen LogP contribution in [-0.2, 0) is 6.54 Å². The van der Waals surface area contributed by atoms with Gasteiger partial charge in [0.25, 0.3) is 0 Å². The van der Waals surface area contributed by atoms with E-state index in [1.54, 1.807) is 18.5 Å². The summed E-state index contributed by atoms with van der Waals surface area (Å²) < 4.78 is 5.05. The molecule has 0 bridgehead atoms. The molecule has 1 N–H and O–H groups in total. The molecule has 0 spiro atoms. The standard InChI is InChI=1S/C10H12N4O/c1-7-9(8(2)15-14-7)6-13-10-11-4-3-5-12-10/h3-5H,6H2,1-2H3,(H,11,12,13). The molecule has 0 aromatic carbocycles. The fourth-order valence-electron chi connectivity index (χ4n) is 1.31. The summed E-state index contributed by atoms with van der Waals surface area (Å²) in [6.07, 6.45) is 3.39. The molecular formula is C10H12N4O. The van der Waals surface area contributed by atoms with Gasteiger partial charge in [-0.05, 0) is 19.9 Å². The average Bonchev–Trinajstić information content (AvgIpc) is 2.58. The van der Waals surface area contributed by atoms with E-state index in [0.29, 0.717) is 12.5 Å². The molecule has 2 heterocycles. The molecule has 0 saturated heterocycles. The Kier molecular flexibility index (Phi) is 2.62. The van der Waals surface area contributed by atoms with Crippen molar-refractivity contribution in [2.24, 2.45) is 0 Å². The summed E-state index contributed by atoms with van der Waals surface area (Å²) in [5.41, 5.74) is 1.96. The maximum Gasteiger partial charge on any atom is 0.222 e. The third-order valence-electron chi connectivity index (χ3n) is 2.17. The smallest absolute Gasteiger partial charge is 0.222 e. The lowest BCUT2D eigenvalue weighted by Crippen LogP contribution is -2.04. The summed E-state index contributed by atoms with van der Waals surface area (Å²) in [6.45, 7) is 4.44. The number of nitrogens with zero attached hydrogens (tertiary/aromatic N) is 3. The molecule has 0 amide bonds. The summed E-state index contributed by atoms with van der Waals surface area (Å²) in [5.74, 6) is 1.44. The Morgan fingerprint density at radius 2 is 2.00 bits per heavy atom. The van der Waals surface area contributed by atoms with Gasteiger partial charge in [-0.15, -0.1) is 0 Å². The number of hydrogen-bond donors (Lipinski definition) is 1. The molecule has 0 saturated carbocycles. The molecule has 78 valence electrons. The van der Waals surface area contributed by atoms with Crippen molar-refractivity contribution in [3.63, 3.8) is 0 Å². The molecule has 5 heteroatoms. The highest BCUT2D eigenvalue weighted by atomic mass is 16.5. The first-order valence-electron chi connectivity index (χ1n) is 4.70. The third kappa shape index (κ3) is 2.12. The quantitative estimate of drug-likeness (QED) is 0.824. The summed E-state index contributed by atoms with van der Waals surface area (Å²) in [4.78, 5) is 8.13. The van der Waals surface area contributed by atoms with Gasteiger partial charge in [0.2, 0.25) is 5.95 Å². The molecule has 2 rings (SSSR count). The molecule has 0 unspecified atom stereocenters. The van der Waals surface area contributed by atoms with E-state index in [2.05, 4.69) is 20.4 Å². The van der Waals surface area contributed by atoms with E-state index >= 15 is 0 Å². The second kappa shape index (κ2) is 4.08. The Balaban J connectivity index is 2.05. The van der Waals surface area contributed by atoms with Gasteiger partial charge in [-0.2, -0.15) is 0 Å². The number of hydrogen-bond acceptors (Lipinski definition) is 5. The highest BCUT2D eigenvalue weighted by Crippen LogP contribution is 2.12. The van der Waals surface area contributed by atoms with Gasteiger partial charge in [-0.25, -0.2) is 9.97 Å². The third-order valence-corrected chi connectivity index (χ3v) is 2.17. The molecule has 5 nitrogen and oxygen atoms in total. The van der Waals surface area contributed by atoms with E-state index in [0.717, 1.165) is 17.0 Å². The van der Waals surface area contributed by atoms with E-state index in [1.165, 1.54) is 0 Å². The summed E-state index contributed by atoms with van der Waals surface area (Å²) in [5, 5.41) is 6.98. The molecule has 0 aliphatic carbocycles. The topological polar surface area (TPSA) is 63.8 Å². The van der Waals surface area contributed by atoms with Crippen LogP contribution in [0.1, 0.15) is 17.0 Å². The van der Waals surface area contributed by atoms with Crippen molar-refractivity contribution in [1.29, 1.82) is 0 Å². The van der Waals surface area contributed by atoms with E-state index in [1.807, 2.05) is 13.8 Å². The van der Waals surface area contributed by atoms with Crippen molar-refractivity contribution in [2.75, 3.05) is 5.32 Å². The van der Waals surface area contributed by atoms with Crippen molar-refractivity contribution < 1.29 is 4.52 Å². The summed E-state index contributed by atoms with van der Waals surface area (Å²) >= 11 is 0. The van der Waals surface area contributed by atoms with Crippen LogP contribution in [0.3, 0.4) is 0 Å². The monoisotopic (exact) mass is 204 g/mol. The van der Waals surface area contributed by atoms with Crippen LogP contribution in [0.25, 0.3) is 0 Å². The van der Waals surface area contributed by atoms with Crippen molar-refractivity contribution in [2.45, 2.75) is 20.4 Å². The van der Waals surface area contributed by atoms with Crippen LogP contribution in [-0.4, -0.2) is 15.1 Å². The average molecular weight is 204 g/mol. The zero-order valence-corrected chi connectivity index (χ0v) is 8.69. The zero-order chi connectivity index (χ0) is 10.7. The molecule has 0 fully saturated rings. The lowest BCUT2D eigenvalue weighted by atomic mass is 10.2. The molecule has 15 heavy (non-hydrogen) atoms. The second-order valence-corrected chi connectivity index (χ2v) is 3.23. The molecule has 0 aliphatic rings. The molecule has 0 atom stereocenters. The van der Waals surface area contributed by atoms with Crippen LogP contribution in [0.5, 0.6) is 0 Å². The number of aryl methyl sites for hydroxylation is 2. The van der Waals surface area contributed by atoms with Crippen LogP contribution in [0.2, 0.25) is 0 Å². The first kappa shape index (κ1) is 9.64. The van der Waals surface area contributed by atoms with Gasteiger partial charge >= 0.3 is 0 Å². The Hall–Kier alpha value is -1.91. The molecular weight excluding hydrogens is 192 g/mol. The molecule has 0 radical (unpaired) electrons. The van der Waals surface area contributed by atoms with E-state index < -0.39 is 0 Å². The van der Waals surface area contributed by atoms with E-state index in [9.17, 15) is 0 Å². The van der Waals surface area contributed by atoms with Gasteiger partial charge in [-0.3, -0.25) is 0 Å². The van der Waals surface area contributed by atoms with E-state index in [4.69, 9.17) is 4.52 Å². The minimum absolute atomic E-state index is 0.609. The summed E-state index contributed by atoms with van der Waals surface area (Å²) in [7, 11) is 0. The van der Waals surface area contributed by atoms with Crippen LogP contribution in [0, 0.1) is 13.8 Å². The van der Waals surface area contributed by atoms with Crippen LogP contribution < -0.4 is 5.32 Å². The maximum atomic E-state index is 5.05. The van der Waals surface area contributed by atoms with Gasteiger partial charge in [0.15, 0.2) is 0 Å². The van der Waals surface area contributed by atoms with Gasteiger partial charge in [0.05, 0.1) is 5.69 Å². The fraction of sp³-hybridized carbons (Fsp3) is 0.300. The number of rotatable bonds is 3. The van der Waals surface area contributed by atoms with Gasteiger partial charge in [0.1, 0.15) is 5.76 Å². The number of anilines is 1. The minimum atomic E-state index is 0.609. The predicted octanol–water partition coefficient (Wildman–Crippen LogP) is 1.69. The van der Waals surface area contributed by atoms with Gasteiger partial charge < -0.3 is 9.84 Å². The highest BCUT2D eigenvalue weighted by molar-refractivity contribution is 5.29. The lowest BCUT2D eigenvalue weighted by Gasteiger charge is -2.02. The minimum Gasteiger partial charge on any atom is -0.361 e. The Bertz CT molecular complexity index is 418. The SMILES string of the molecule is Cc1noc(C)c1CNc1ncccn1. The fourth-order valence-corrected chi connectivity index (χ4v) is 1.31. The van der Waals surface area contributed by atoms with Crippen LogP contribution >= 0.6 is 0 Å². The number of nitrogens with one attached hydrogen (secondary N) is 1. The lowest BCUT2D eigenvalue weighted by molar-refractivity contribution is 0.392. The van der Waals surface area contributed by atoms with Crippen molar-refractivity contribution in [1.82, 2.24) is 15.1 Å². The zero-order valence-electron chi connectivity index (χ0n) is 8.69.